The Kier molecular flexibility index (Phi) is 6.11. The number of nitro benzene ring substituents is 1. The summed E-state index contributed by atoms with van der Waals surface area (Å²) < 4.78 is 0. The molecule has 1 saturated heterocycles. The first kappa shape index (κ1) is 19.9. The summed E-state index contributed by atoms with van der Waals surface area (Å²) in [5, 5.41) is 11.8. The molecule has 0 saturated carbocycles. The Morgan fingerprint density at radius 2 is 1.76 bits per heavy atom. The average molecular weight is 395 g/mol. The van der Waals surface area contributed by atoms with Crippen molar-refractivity contribution < 1.29 is 4.92 Å². The lowest BCUT2D eigenvalue weighted by atomic mass is 9.99. The van der Waals surface area contributed by atoms with Crippen LogP contribution >= 0.6 is 0 Å². The highest BCUT2D eigenvalue weighted by atomic mass is 16.6. The van der Waals surface area contributed by atoms with Crippen LogP contribution in [0.25, 0.3) is 0 Å². The quantitative estimate of drug-likeness (QED) is 0.556. The van der Waals surface area contributed by atoms with Crippen molar-refractivity contribution in [1.82, 2.24) is 9.80 Å². The van der Waals surface area contributed by atoms with E-state index in [1.165, 1.54) is 11.1 Å². The zero-order valence-electron chi connectivity index (χ0n) is 17.2. The lowest BCUT2D eigenvalue weighted by Gasteiger charge is -2.32. The number of nitrogens with zero attached hydrogens (tertiary/aromatic N) is 4. The third kappa shape index (κ3) is 4.77. The molecule has 0 aliphatic carbocycles. The van der Waals surface area contributed by atoms with E-state index in [1.807, 2.05) is 12.1 Å². The molecule has 1 fully saturated rings. The first-order valence-corrected chi connectivity index (χ1v) is 10.6. The third-order valence-corrected chi connectivity index (χ3v) is 6.24. The maximum Gasteiger partial charge on any atom is 0.292 e. The van der Waals surface area contributed by atoms with Gasteiger partial charge in [-0.05, 0) is 55.6 Å². The molecule has 0 amide bonds. The second-order valence-corrected chi connectivity index (χ2v) is 8.27. The molecule has 2 aliphatic heterocycles. The first-order valence-electron chi connectivity index (χ1n) is 10.6. The molecule has 2 heterocycles. The minimum Gasteiger partial charge on any atom is -0.361 e. The standard InChI is InChI=1S/C23H30N4O2/c1-24-13-15-25(16-14-24)11-4-5-19-8-9-22(23(17-19)27(28)29)26-12-10-20-6-2-3-7-21(20)18-26/h2-3,6-9,17H,4-5,10-16,18H2,1H3. The molecule has 0 atom stereocenters. The zero-order chi connectivity index (χ0) is 20.2. The van der Waals surface area contributed by atoms with Gasteiger partial charge in [-0.25, -0.2) is 0 Å². The number of nitro groups is 1. The van der Waals surface area contributed by atoms with E-state index in [4.69, 9.17) is 0 Å². The maximum absolute atomic E-state index is 11.8. The molecule has 0 spiro atoms. The van der Waals surface area contributed by atoms with Gasteiger partial charge in [0.15, 0.2) is 0 Å². The van der Waals surface area contributed by atoms with Crippen LogP contribution in [0.1, 0.15) is 23.1 Å². The number of aryl methyl sites for hydroxylation is 1. The molecule has 2 aromatic carbocycles. The summed E-state index contributed by atoms with van der Waals surface area (Å²) in [5.74, 6) is 0. The summed E-state index contributed by atoms with van der Waals surface area (Å²) in [5.41, 5.74) is 4.66. The largest absolute Gasteiger partial charge is 0.361 e. The minimum atomic E-state index is -0.222. The topological polar surface area (TPSA) is 52.9 Å². The van der Waals surface area contributed by atoms with Crippen LogP contribution in [-0.4, -0.2) is 61.0 Å². The Morgan fingerprint density at radius 3 is 2.52 bits per heavy atom. The number of anilines is 1. The summed E-state index contributed by atoms with van der Waals surface area (Å²) in [6, 6.07) is 14.2. The fourth-order valence-corrected chi connectivity index (χ4v) is 4.42. The van der Waals surface area contributed by atoms with Gasteiger partial charge in [0.05, 0.1) is 4.92 Å². The summed E-state index contributed by atoms with van der Waals surface area (Å²) >= 11 is 0. The molecular formula is C23H30N4O2. The Morgan fingerprint density at radius 1 is 1.00 bits per heavy atom. The van der Waals surface area contributed by atoms with Gasteiger partial charge in [-0.2, -0.15) is 0 Å². The van der Waals surface area contributed by atoms with Crippen LogP contribution < -0.4 is 4.90 Å². The Balaban J connectivity index is 1.41. The summed E-state index contributed by atoms with van der Waals surface area (Å²) in [6.45, 7) is 7.10. The van der Waals surface area contributed by atoms with Crippen molar-refractivity contribution in [2.45, 2.75) is 25.8 Å². The maximum atomic E-state index is 11.8. The molecule has 0 N–H and O–H groups in total. The van der Waals surface area contributed by atoms with Crippen LogP contribution in [0, 0.1) is 10.1 Å². The molecule has 0 unspecified atom stereocenters. The Bertz CT molecular complexity index is 862. The summed E-state index contributed by atoms with van der Waals surface area (Å²) in [7, 11) is 2.17. The van der Waals surface area contributed by atoms with Crippen molar-refractivity contribution in [3.63, 3.8) is 0 Å². The monoisotopic (exact) mass is 394 g/mol. The van der Waals surface area contributed by atoms with E-state index >= 15 is 0 Å². The van der Waals surface area contributed by atoms with Gasteiger partial charge in [-0.15, -0.1) is 0 Å². The van der Waals surface area contributed by atoms with Crippen LogP contribution in [0.4, 0.5) is 11.4 Å². The third-order valence-electron chi connectivity index (χ3n) is 6.24. The number of piperazine rings is 1. The summed E-state index contributed by atoms with van der Waals surface area (Å²) in [4.78, 5) is 18.6. The number of hydrogen-bond donors (Lipinski definition) is 0. The molecule has 0 bridgehead atoms. The average Bonchev–Trinajstić information content (AvgIpc) is 2.74. The second-order valence-electron chi connectivity index (χ2n) is 8.27. The fraction of sp³-hybridized carbons (Fsp3) is 0.478. The number of benzene rings is 2. The van der Waals surface area contributed by atoms with Gasteiger partial charge < -0.3 is 14.7 Å². The Hall–Kier alpha value is -2.44. The van der Waals surface area contributed by atoms with E-state index in [0.29, 0.717) is 0 Å². The predicted molar refractivity (Wildman–Crippen MR) is 117 cm³/mol. The predicted octanol–water partition coefficient (Wildman–Crippen LogP) is 3.34. The normalized spacial score (nSPS) is 17.9. The van der Waals surface area contributed by atoms with Crippen molar-refractivity contribution in [3.05, 3.63) is 69.3 Å². The van der Waals surface area contributed by atoms with Gasteiger partial charge in [0.2, 0.25) is 0 Å². The van der Waals surface area contributed by atoms with Gasteiger partial charge in [-0.3, -0.25) is 10.1 Å². The van der Waals surface area contributed by atoms with Crippen LogP contribution in [0.5, 0.6) is 0 Å². The van der Waals surface area contributed by atoms with Crippen LogP contribution in [-0.2, 0) is 19.4 Å². The van der Waals surface area contributed by atoms with Crippen LogP contribution in [0.3, 0.4) is 0 Å². The molecule has 4 rings (SSSR count). The van der Waals surface area contributed by atoms with E-state index in [-0.39, 0.29) is 10.6 Å². The molecule has 0 aromatic heterocycles. The van der Waals surface area contributed by atoms with Crippen LogP contribution in [0.2, 0.25) is 0 Å². The molecule has 2 aliphatic rings. The lowest BCUT2D eigenvalue weighted by molar-refractivity contribution is -0.384. The van der Waals surface area contributed by atoms with Crippen molar-refractivity contribution in [3.8, 4) is 0 Å². The van der Waals surface area contributed by atoms with E-state index in [0.717, 1.165) is 76.3 Å². The lowest BCUT2D eigenvalue weighted by Crippen LogP contribution is -2.44. The molecule has 154 valence electrons. The highest BCUT2D eigenvalue weighted by molar-refractivity contribution is 5.65. The number of likely N-dealkylation sites (N-methyl/N-ethyl adjacent to an activating group) is 1. The van der Waals surface area contributed by atoms with E-state index in [2.05, 4.69) is 46.0 Å². The van der Waals surface area contributed by atoms with Crippen LogP contribution in [0.15, 0.2) is 42.5 Å². The van der Waals surface area contributed by atoms with E-state index in [9.17, 15) is 10.1 Å². The van der Waals surface area contributed by atoms with Gasteiger partial charge in [0.1, 0.15) is 5.69 Å². The number of rotatable bonds is 6. The smallest absolute Gasteiger partial charge is 0.292 e. The number of fused-ring (bicyclic) bond motifs is 1. The molecular weight excluding hydrogens is 364 g/mol. The Labute approximate surface area is 172 Å². The van der Waals surface area contributed by atoms with Gasteiger partial charge >= 0.3 is 0 Å². The molecule has 0 radical (unpaired) electrons. The SMILES string of the molecule is CN1CCN(CCCc2ccc(N3CCc4ccccc4C3)c([N+](=O)[O-])c2)CC1. The second kappa shape index (κ2) is 8.93. The van der Waals surface area contributed by atoms with Crippen molar-refractivity contribution in [2.24, 2.45) is 0 Å². The highest BCUT2D eigenvalue weighted by Crippen LogP contribution is 2.33. The van der Waals surface area contributed by atoms with Crippen molar-refractivity contribution in [2.75, 3.05) is 51.2 Å². The molecule has 6 heteroatoms. The van der Waals surface area contributed by atoms with Gasteiger partial charge in [-0.1, -0.05) is 30.3 Å². The molecule has 6 nitrogen and oxygen atoms in total. The van der Waals surface area contributed by atoms with Crippen molar-refractivity contribution >= 4 is 11.4 Å². The first-order chi connectivity index (χ1) is 14.1. The van der Waals surface area contributed by atoms with Gasteiger partial charge in [0, 0.05) is 45.3 Å². The highest BCUT2D eigenvalue weighted by Gasteiger charge is 2.23. The van der Waals surface area contributed by atoms with E-state index in [1.54, 1.807) is 6.07 Å². The summed E-state index contributed by atoms with van der Waals surface area (Å²) in [6.07, 6.45) is 2.85. The number of hydrogen-bond acceptors (Lipinski definition) is 5. The zero-order valence-corrected chi connectivity index (χ0v) is 17.2. The van der Waals surface area contributed by atoms with Gasteiger partial charge in [0.25, 0.3) is 5.69 Å². The molecule has 2 aromatic rings. The van der Waals surface area contributed by atoms with E-state index < -0.39 is 0 Å². The van der Waals surface area contributed by atoms with Crippen molar-refractivity contribution in [1.29, 1.82) is 0 Å². The molecule has 29 heavy (non-hydrogen) atoms. The fourth-order valence-electron chi connectivity index (χ4n) is 4.42. The minimum absolute atomic E-state index is 0.222.